The van der Waals surface area contributed by atoms with Crippen LogP contribution in [0.1, 0.15) is 24.8 Å². The van der Waals surface area contributed by atoms with Crippen LogP contribution in [0.4, 0.5) is 4.79 Å². The lowest BCUT2D eigenvalue weighted by Gasteiger charge is -2.16. The van der Waals surface area contributed by atoms with E-state index in [9.17, 15) is 9.59 Å². The summed E-state index contributed by atoms with van der Waals surface area (Å²) in [5, 5.41) is 11.3. The van der Waals surface area contributed by atoms with Gasteiger partial charge in [-0.05, 0) is 18.4 Å². The minimum absolute atomic E-state index is 0.0444. The van der Waals surface area contributed by atoms with Crippen LogP contribution in [0.5, 0.6) is 0 Å². The van der Waals surface area contributed by atoms with Gasteiger partial charge >= 0.3 is 12.0 Å². The van der Waals surface area contributed by atoms with Crippen molar-refractivity contribution in [3.63, 3.8) is 0 Å². The van der Waals surface area contributed by atoms with Crippen molar-refractivity contribution in [1.29, 1.82) is 0 Å². The van der Waals surface area contributed by atoms with E-state index in [0.29, 0.717) is 19.8 Å². The van der Waals surface area contributed by atoms with Crippen LogP contribution in [0, 0.1) is 0 Å². The number of rotatable bonds is 10. The lowest BCUT2D eigenvalue weighted by atomic mass is 10.2. The Kier molecular flexibility index (Phi) is 8.67. The number of carboxylic acids is 1. The van der Waals surface area contributed by atoms with Gasteiger partial charge in [0.2, 0.25) is 0 Å². The highest BCUT2D eigenvalue weighted by Gasteiger charge is 2.08. The summed E-state index contributed by atoms with van der Waals surface area (Å²) in [4.78, 5) is 23.4. The van der Waals surface area contributed by atoms with Gasteiger partial charge in [-0.1, -0.05) is 30.3 Å². The van der Waals surface area contributed by atoms with Crippen LogP contribution in [-0.2, 0) is 16.1 Å². The summed E-state index contributed by atoms with van der Waals surface area (Å²) in [6.07, 6.45) is 1.65. The van der Waals surface area contributed by atoms with Gasteiger partial charge in [-0.25, -0.2) is 4.79 Å². The van der Waals surface area contributed by atoms with Gasteiger partial charge in [0.05, 0.1) is 13.0 Å². The first-order valence-electron chi connectivity index (χ1n) is 7.42. The number of aliphatic carboxylic acids is 1. The maximum atomic E-state index is 11.6. The monoisotopic (exact) mass is 308 g/mol. The van der Waals surface area contributed by atoms with Crippen LogP contribution >= 0.6 is 0 Å². The fourth-order valence-corrected chi connectivity index (χ4v) is 1.79. The Hall–Kier alpha value is -2.08. The van der Waals surface area contributed by atoms with E-state index < -0.39 is 5.97 Å². The number of carbonyl (C=O) groups excluding carboxylic acids is 1. The minimum Gasteiger partial charge on any atom is -0.481 e. The van der Waals surface area contributed by atoms with Gasteiger partial charge in [0.15, 0.2) is 0 Å². The molecule has 0 heterocycles. The molecule has 1 rings (SSSR count). The summed E-state index contributed by atoms with van der Waals surface area (Å²) in [5.41, 5.74) is 1.15. The van der Waals surface area contributed by atoms with Crippen LogP contribution in [0.3, 0.4) is 0 Å². The van der Waals surface area contributed by atoms with Gasteiger partial charge in [0, 0.05) is 26.7 Å². The normalized spacial score (nSPS) is 10.2. The van der Waals surface area contributed by atoms with Gasteiger partial charge < -0.3 is 20.1 Å². The third-order valence-corrected chi connectivity index (χ3v) is 3.11. The van der Waals surface area contributed by atoms with E-state index in [1.807, 2.05) is 30.3 Å². The molecule has 6 nitrogen and oxygen atoms in total. The predicted molar refractivity (Wildman–Crippen MR) is 83.6 cm³/mol. The first kappa shape index (κ1) is 18.0. The maximum absolute atomic E-state index is 11.6. The van der Waals surface area contributed by atoms with Crippen molar-refractivity contribution >= 4 is 12.0 Å². The van der Waals surface area contributed by atoms with Crippen molar-refractivity contribution in [2.45, 2.75) is 25.9 Å². The number of hydrogen-bond acceptors (Lipinski definition) is 3. The molecule has 2 amide bonds. The van der Waals surface area contributed by atoms with E-state index in [4.69, 9.17) is 9.84 Å². The molecule has 0 unspecified atom stereocenters. The van der Waals surface area contributed by atoms with E-state index in [2.05, 4.69) is 5.32 Å². The average molecular weight is 308 g/mol. The molecule has 22 heavy (non-hydrogen) atoms. The predicted octanol–water partition coefficient (Wildman–Crippen LogP) is 2.10. The molecule has 0 atom stereocenters. The lowest BCUT2D eigenvalue weighted by molar-refractivity contribution is -0.137. The van der Waals surface area contributed by atoms with Crippen molar-refractivity contribution < 1.29 is 19.4 Å². The molecule has 0 aliphatic rings. The number of nitrogens with zero attached hydrogens (tertiary/aromatic N) is 1. The smallest absolute Gasteiger partial charge is 0.317 e. The fraction of sp³-hybridized carbons (Fsp3) is 0.500. The number of amides is 2. The van der Waals surface area contributed by atoms with Crippen LogP contribution in [0.15, 0.2) is 30.3 Å². The molecule has 0 saturated heterocycles. The van der Waals surface area contributed by atoms with Crippen molar-refractivity contribution in [3.05, 3.63) is 35.9 Å². The molecule has 0 aliphatic carbocycles. The third kappa shape index (κ3) is 8.26. The first-order chi connectivity index (χ1) is 10.6. The van der Waals surface area contributed by atoms with Crippen molar-refractivity contribution in [3.8, 4) is 0 Å². The third-order valence-electron chi connectivity index (χ3n) is 3.11. The molecular formula is C16H24N2O4. The number of urea groups is 1. The topological polar surface area (TPSA) is 78.9 Å². The molecule has 122 valence electrons. The minimum atomic E-state index is -0.907. The Morgan fingerprint density at radius 3 is 2.64 bits per heavy atom. The molecule has 0 spiro atoms. The van der Waals surface area contributed by atoms with Crippen molar-refractivity contribution in [1.82, 2.24) is 10.2 Å². The Morgan fingerprint density at radius 1 is 1.23 bits per heavy atom. The Labute approximate surface area is 131 Å². The summed E-state index contributed by atoms with van der Waals surface area (Å²) in [6, 6.07) is 9.73. The zero-order valence-corrected chi connectivity index (χ0v) is 13.0. The summed E-state index contributed by atoms with van der Waals surface area (Å²) in [6.45, 7) is 2.02. The summed E-state index contributed by atoms with van der Waals surface area (Å²) in [7, 11) is 1.58. The van der Waals surface area contributed by atoms with Crippen LogP contribution < -0.4 is 5.32 Å². The Morgan fingerprint density at radius 2 is 1.95 bits per heavy atom. The number of carbonyl (C=O) groups is 2. The zero-order valence-electron chi connectivity index (χ0n) is 13.0. The number of carboxylic acid groups (broad SMARTS) is 1. The fourth-order valence-electron chi connectivity index (χ4n) is 1.79. The van der Waals surface area contributed by atoms with Gasteiger partial charge in [-0.3, -0.25) is 4.79 Å². The van der Waals surface area contributed by atoms with Gasteiger partial charge in [0.1, 0.15) is 0 Å². The molecule has 1 aromatic carbocycles. The first-order valence-corrected chi connectivity index (χ1v) is 7.42. The molecule has 0 bridgehead atoms. The highest BCUT2D eigenvalue weighted by molar-refractivity contribution is 5.74. The maximum Gasteiger partial charge on any atom is 0.317 e. The van der Waals surface area contributed by atoms with E-state index >= 15 is 0 Å². The average Bonchev–Trinajstić information content (AvgIpc) is 2.52. The number of unbranched alkanes of at least 4 members (excludes halogenated alkanes) is 1. The standard InChI is InChI=1S/C16H24N2O4/c1-18(11-9-15(19)20)16(21)17-10-5-6-12-22-13-14-7-3-2-4-8-14/h2-4,7-8H,5-6,9-13H2,1H3,(H,17,21)(H,19,20). The largest absolute Gasteiger partial charge is 0.481 e. The number of nitrogens with one attached hydrogen (secondary N) is 1. The second-order valence-electron chi connectivity index (χ2n) is 5.04. The highest BCUT2D eigenvalue weighted by Crippen LogP contribution is 2.01. The number of ether oxygens (including phenoxy) is 1. The second kappa shape index (κ2) is 10.6. The molecule has 2 N–H and O–H groups in total. The second-order valence-corrected chi connectivity index (χ2v) is 5.04. The van der Waals surface area contributed by atoms with Crippen LogP contribution in [0.25, 0.3) is 0 Å². The van der Waals surface area contributed by atoms with Crippen LogP contribution in [0.2, 0.25) is 0 Å². The molecule has 6 heteroatoms. The highest BCUT2D eigenvalue weighted by atomic mass is 16.5. The summed E-state index contributed by atoms with van der Waals surface area (Å²) >= 11 is 0. The lowest BCUT2D eigenvalue weighted by Crippen LogP contribution is -2.38. The van der Waals surface area contributed by atoms with Crippen molar-refractivity contribution in [2.24, 2.45) is 0 Å². The van der Waals surface area contributed by atoms with E-state index in [-0.39, 0.29) is 19.0 Å². The van der Waals surface area contributed by atoms with Crippen LogP contribution in [-0.4, -0.2) is 48.8 Å². The molecular weight excluding hydrogens is 284 g/mol. The Balaban J connectivity index is 1.98. The summed E-state index contributed by atoms with van der Waals surface area (Å²) in [5.74, 6) is -0.907. The molecule has 0 radical (unpaired) electrons. The summed E-state index contributed by atoms with van der Waals surface area (Å²) < 4.78 is 5.55. The quantitative estimate of drug-likeness (QED) is 0.649. The molecule has 0 aromatic heterocycles. The van der Waals surface area contributed by atoms with Gasteiger partial charge in [-0.2, -0.15) is 0 Å². The molecule has 0 aliphatic heterocycles. The SMILES string of the molecule is CN(CCC(=O)O)C(=O)NCCCCOCc1ccccc1. The molecule has 1 aromatic rings. The zero-order chi connectivity index (χ0) is 16.2. The van der Waals surface area contributed by atoms with Gasteiger partial charge in [0.25, 0.3) is 0 Å². The van der Waals surface area contributed by atoms with E-state index in [1.165, 1.54) is 4.90 Å². The number of hydrogen-bond donors (Lipinski definition) is 2. The van der Waals surface area contributed by atoms with E-state index in [1.54, 1.807) is 7.05 Å². The number of benzene rings is 1. The van der Waals surface area contributed by atoms with Crippen molar-refractivity contribution in [2.75, 3.05) is 26.7 Å². The Bertz CT molecular complexity index is 451. The van der Waals surface area contributed by atoms with Gasteiger partial charge in [-0.15, -0.1) is 0 Å². The molecule has 0 saturated carbocycles. The van der Waals surface area contributed by atoms with E-state index in [0.717, 1.165) is 18.4 Å². The molecule has 0 fully saturated rings.